The molecular formula is C16H22O8. The maximum atomic E-state index is 12.1. The first-order valence-electron chi connectivity index (χ1n) is 7.55. The number of carboxylic acids is 1. The van der Waals surface area contributed by atoms with Crippen molar-refractivity contribution in [2.24, 2.45) is 17.8 Å². The van der Waals surface area contributed by atoms with Gasteiger partial charge in [0.2, 0.25) is 0 Å². The SMILES string of the molecule is C=C(COC(=O)C1CCC(COC(C)=O)CC1C(=O)O)C(=O)OC. The first-order valence-corrected chi connectivity index (χ1v) is 7.55. The minimum atomic E-state index is -1.10. The summed E-state index contributed by atoms with van der Waals surface area (Å²) >= 11 is 0. The lowest BCUT2D eigenvalue weighted by molar-refractivity contribution is -0.161. The topological polar surface area (TPSA) is 116 Å². The van der Waals surface area contributed by atoms with Crippen LogP contribution in [-0.4, -0.2) is 49.3 Å². The molecule has 1 saturated carbocycles. The monoisotopic (exact) mass is 342 g/mol. The second-order valence-electron chi connectivity index (χ2n) is 5.74. The fourth-order valence-corrected chi connectivity index (χ4v) is 2.67. The van der Waals surface area contributed by atoms with Gasteiger partial charge in [-0.2, -0.15) is 0 Å². The Kier molecular flexibility index (Phi) is 7.41. The Balaban J connectivity index is 2.61. The van der Waals surface area contributed by atoms with Gasteiger partial charge in [-0.25, -0.2) is 4.79 Å². The maximum absolute atomic E-state index is 12.1. The van der Waals surface area contributed by atoms with Crippen molar-refractivity contribution in [3.63, 3.8) is 0 Å². The third kappa shape index (κ3) is 5.68. The fourth-order valence-electron chi connectivity index (χ4n) is 2.67. The number of methoxy groups -OCH3 is 1. The zero-order valence-corrected chi connectivity index (χ0v) is 13.8. The van der Waals surface area contributed by atoms with E-state index in [-0.39, 0.29) is 31.1 Å². The van der Waals surface area contributed by atoms with Gasteiger partial charge in [0.15, 0.2) is 0 Å². The van der Waals surface area contributed by atoms with Gasteiger partial charge in [-0.3, -0.25) is 14.4 Å². The van der Waals surface area contributed by atoms with Crippen molar-refractivity contribution in [2.75, 3.05) is 20.3 Å². The normalized spacial score (nSPS) is 23.0. The number of hydrogen-bond acceptors (Lipinski definition) is 7. The quantitative estimate of drug-likeness (QED) is 0.413. The average molecular weight is 342 g/mol. The maximum Gasteiger partial charge on any atom is 0.336 e. The van der Waals surface area contributed by atoms with Gasteiger partial charge in [-0.05, 0) is 25.2 Å². The van der Waals surface area contributed by atoms with Crippen LogP contribution >= 0.6 is 0 Å². The Bertz CT molecular complexity index is 524. The highest BCUT2D eigenvalue weighted by atomic mass is 16.5. The van der Waals surface area contributed by atoms with Crippen molar-refractivity contribution in [1.29, 1.82) is 0 Å². The molecule has 3 atom stereocenters. The van der Waals surface area contributed by atoms with E-state index in [0.717, 1.165) is 0 Å². The molecule has 0 bridgehead atoms. The van der Waals surface area contributed by atoms with Crippen LogP contribution in [0.5, 0.6) is 0 Å². The molecule has 1 N–H and O–H groups in total. The summed E-state index contributed by atoms with van der Waals surface area (Å²) in [5, 5.41) is 9.35. The molecule has 0 saturated heterocycles. The van der Waals surface area contributed by atoms with Crippen LogP contribution in [0.3, 0.4) is 0 Å². The molecule has 0 aromatic carbocycles. The van der Waals surface area contributed by atoms with E-state index in [0.29, 0.717) is 12.8 Å². The molecule has 1 aliphatic carbocycles. The molecule has 3 unspecified atom stereocenters. The zero-order valence-electron chi connectivity index (χ0n) is 13.8. The van der Waals surface area contributed by atoms with E-state index in [1.54, 1.807) is 0 Å². The van der Waals surface area contributed by atoms with Crippen molar-refractivity contribution >= 4 is 23.9 Å². The number of carboxylic acid groups (broad SMARTS) is 1. The second kappa shape index (κ2) is 9.05. The molecule has 0 amide bonds. The molecule has 0 aromatic rings. The Morgan fingerprint density at radius 1 is 1.12 bits per heavy atom. The van der Waals surface area contributed by atoms with Crippen molar-refractivity contribution in [2.45, 2.75) is 26.2 Å². The molecule has 1 aliphatic rings. The van der Waals surface area contributed by atoms with E-state index in [4.69, 9.17) is 9.47 Å². The van der Waals surface area contributed by atoms with Gasteiger partial charge in [-0.1, -0.05) is 6.58 Å². The van der Waals surface area contributed by atoms with Crippen molar-refractivity contribution < 1.29 is 38.5 Å². The highest BCUT2D eigenvalue weighted by Crippen LogP contribution is 2.35. The molecule has 134 valence electrons. The summed E-state index contributed by atoms with van der Waals surface area (Å²) in [4.78, 5) is 45.6. The highest BCUT2D eigenvalue weighted by molar-refractivity contribution is 5.88. The van der Waals surface area contributed by atoms with Crippen LogP contribution in [0.25, 0.3) is 0 Å². The molecule has 8 nitrogen and oxygen atoms in total. The lowest BCUT2D eigenvalue weighted by Gasteiger charge is -2.32. The van der Waals surface area contributed by atoms with Gasteiger partial charge >= 0.3 is 23.9 Å². The number of hydrogen-bond donors (Lipinski definition) is 1. The summed E-state index contributed by atoms with van der Waals surface area (Å²) in [5.74, 6) is -4.73. The molecule has 24 heavy (non-hydrogen) atoms. The second-order valence-corrected chi connectivity index (χ2v) is 5.74. The molecule has 0 radical (unpaired) electrons. The van der Waals surface area contributed by atoms with Crippen molar-refractivity contribution in [3.8, 4) is 0 Å². The van der Waals surface area contributed by atoms with E-state index in [1.165, 1.54) is 14.0 Å². The molecule has 0 aliphatic heterocycles. The van der Waals surface area contributed by atoms with Crippen molar-refractivity contribution in [3.05, 3.63) is 12.2 Å². The Hall–Kier alpha value is -2.38. The Labute approximate surface area is 139 Å². The molecule has 1 rings (SSSR count). The molecule has 0 heterocycles. The fraction of sp³-hybridized carbons (Fsp3) is 0.625. The van der Waals surface area contributed by atoms with E-state index < -0.39 is 35.7 Å². The largest absolute Gasteiger partial charge is 0.481 e. The van der Waals surface area contributed by atoms with Gasteiger partial charge < -0.3 is 19.3 Å². The Morgan fingerprint density at radius 3 is 2.33 bits per heavy atom. The van der Waals surface area contributed by atoms with Crippen LogP contribution < -0.4 is 0 Å². The van der Waals surface area contributed by atoms with Crippen LogP contribution in [-0.2, 0) is 33.4 Å². The number of carbonyl (C=O) groups excluding carboxylic acids is 3. The summed E-state index contributed by atoms with van der Waals surface area (Å²) in [6.45, 7) is 4.51. The number of carbonyl (C=O) groups is 4. The summed E-state index contributed by atoms with van der Waals surface area (Å²) < 4.78 is 14.3. The van der Waals surface area contributed by atoms with Gasteiger partial charge in [0.1, 0.15) is 6.61 Å². The summed E-state index contributed by atoms with van der Waals surface area (Å²) in [7, 11) is 1.18. The van der Waals surface area contributed by atoms with E-state index in [2.05, 4.69) is 11.3 Å². The van der Waals surface area contributed by atoms with Gasteiger partial charge in [-0.15, -0.1) is 0 Å². The molecule has 8 heteroatoms. The van der Waals surface area contributed by atoms with Gasteiger partial charge in [0, 0.05) is 6.92 Å². The van der Waals surface area contributed by atoms with E-state index >= 15 is 0 Å². The van der Waals surface area contributed by atoms with E-state index in [9.17, 15) is 24.3 Å². The summed E-state index contributed by atoms with van der Waals surface area (Å²) in [6, 6.07) is 0. The van der Waals surface area contributed by atoms with Crippen LogP contribution in [0.2, 0.25) is 0 Å². The minimum absolute atomic E-state index is 0.0266. The van der Waals surface area contributed by atoms with Crippen LogP contribution in [0.1, 0.15) is 26.2 Å². The van der Waals surface area contributed by atoms with E-state index in [1.807, 2.05) is 0 Å². The van der Waals surface area contributed by atoms with Crippen LogP contribution in [0, 0.1) is 17.8 Å². The predicted molar refractivity (Wildman–Crippen MR) is 80.7 cm³/mol. The summed E-state index contributed by atoms with van der Waals surface area (Å²) in [5.41, 5.74) is -0.0266. The summed E-state index contributed by atoms with van der Waals surface area (Å²) in [6.07, 6.45) is 1.08. The third-order valence-electron chi connectivity index (χ3n) is 3.96. The first-order chi connectivity index (χ1) is 11.3. The smallest absolute Gasteiger partial charge is 0.336 e. The molecule has 0 aromatic heterocycles. The van der Waals surface area contributed by atoms with Crippen LogP contribution in [0.4, 0.5) is 0 Å². The Morgan fingerprint density at radius 2 is 1.79 bits per heavy atom. The molecular weight excluding hydrogens is 320 g/mol. The lowest BCUT2D eigenvalue weighted by atomic mass is 9.74. The average Bonchev–Trinajstić information content (AvgIpc) is 2.56. The highest BCUT2D eigenvalue weighted by Gasteiger charge is 2.40. The van der Waals surface area contributed by atoms with Crippen molar-refractivity contribution in [1.82, 2.24) is 0 Å². The molecule has 1 fully saturated rings. The molecule has 0 spiro atoms. The number of aliphatic carboxylic acids is 1. The third-order valence-corrected chi connectivity index (χ3v) is 3.96. The van der Waals surface area contributed by atoms with Gasteiger partial charge in [0.05, 0.1) is 31.1 Å². The lowest BCUT2D eigenvalue weighted by Crippen LogP contribution is -2.38. The van der Waals surface area contributed by atoms with Crippen LogP contribution in [0.15, 0.2) is 12.2 Å². The minimum Gasteiger partial charge on any atom is -0.481 e. The first kappa shape index (κ1) is 19.7. The standard InChI is InChI=1S/C16H22O8/c1-9(15(20)22-3)7-24-16(21)12-5-4-11(8-23-10(2)17)6-13(12)14(18)19/h11-13H,1,4-8H2,2-3H3,(H,18,19). The number of ether oxygens (including phenoxy) is 3. The number of esters is 3. The van der Waals surface area contributed by atoms with Gasteiger partial charge in [0.25, 0.3) is 0 Å². The predicted octanol–water partition coefficient (Wildman–Crippen LogP) is 0.939. The number of rotatable bonds is 7. The zero-order chi connectivity index (χ0) is 18.3.